The molecule has 128 valence electrons. The number of nitrogens with one attached hydrogen (secondary N) is 1. The van der Waals surface area contributed by atoms with Gasteiger partial charge in [0.1, 0.15) is 17.1 Å². The highest BCUT2D eigenvalue weighted by Gasteiger charge is 2.17. The van der Waals surface area contributed by atoms with Gasteiger partial charge in [0.2, 0.25) is 0 Å². The highest BCUT2D eigenvalue weighted by Crippen LogP contribution is 2.24. The van der Waals surface area contributed by atoms with Crippen LogP contribution in [0, 0.1) is 0 Å². The number of amides is 1. The Kier molecular flexibility index (Phi) is 4.70. The first-order chi connectivity index (χ1) is 12.1. The Labute approximate surface area is 144 Å². The quantitative estimate of drug-likeness (QED) is 0.722. The molecule has 0 bridgehead atoms. The molecule has 0 unspecified atom stereocenters. The summed E-state index contributed by atoms with van der Waals surface area (Å²) in [5.41, 5.74) is 0.531. The zero-order chi connectivity index (χ0) is 17.8. The lowest BCUT2D eigenvalue weighted by atomic mass is 10.2. The molecule has 6 heteroatoms. The molecule has 0 aliphatic rings. The second kappa shape index (κ2) is 7.09. The van der Waals surface area contributed by atoms with Crippen molar-refractivity contribution in [3.05, 3.63) is 65.0 Å². The first kappa shape index (κ1) is 16.6. The minimum absolute atomic E-state index is 0.320. The molecule has 3 aromatic rings. The average Bonchev–Trinajstić information content (AvgIpc) is 2.61. The number of para-hydroxylation sites is 2. The van der Waals surface area contributed by atoms with Gasteiger partial charge in [0.15, 0.2) is 6.10 Å². The van der Waals surface area contributed by atoms with Crippen LogP contribution >= 0.6 is 0 Å². The topological polar surface area (TPSA) is 77.8 Å². The van der Waals surface area contributed by atoms with E-state index in [2.05, 4.69) is 5.32 Å². The molecule has 0 spiro atoms. The standard InChI is InChI=1S/C19H17NO5/c1-12(19(22)20-15-5-3-4-6-16(15)23-2)24-14-9-7-13-8-10-18(21)25-17(13)11-14/h3-12H,1-2H3,(H,20,22)/t12-/m0/s1. The van der Waals surface area contributed by atoms with Crippen LogP contribution in [0.3, 0.4) is 0 Å². The zero-order valence-electron chi connectivity index (χ0n) is 13.8. The van der Waals surface area contributed by atoms with Crippen molar-refractivity contribution in [3.63, 3.8) is 0 Å². The molecular weight excluding hydrogens is 322 g/mol. The highest BCUT2D eigenvalue weighted by molar-refractivity contribution is 5.95. The molecule has 25 heavy (non-hydrogen) atoms. The smallest absolute Gasteiger partial charge is 0.336 e. The summed E-state index contributed by atoms with van der Waals surface area (Å²) in [6, 6.07) is 15.2. The SMILES string of the molecule is COc1ccccc1NC(=O)[C@H](C)Oc1ccc2ccc(=O)oc2c1. The number of methoxy groups -OCH3 is 1. The van der Waals surface area contributed by atoms with E-state index >= 15 is 0 Å². The summed E-state index contributed by atoms with van der Waals surface area (Å²) >= 11 is 0. The van der Waals surface area contributed by atoms with Crippen molar-refractivity contribution in [2.45, 2.75) is 13.0 Å². The minimum atomic E-state index is -0.752. The average molecular weight is 339 g/mol. The summed E-state index contributed by atoms with van der Waals surface area (Å²) in [7, 11) is 1.54. The van der Waals surface area contributed by atoms with E-state index in [1.807, 2.05) is 6.07 Å². The summed E-state index contributed by atoms with van der Waals surface area (Å²) in [6.07, 6.45) is -0.752. The molecule has 6 nitrogen and oxygen atoms in total. The Bertz CT molecular complexity index is 963. The van der Waals surface area contributed by atoms with Crippen LogP contribution in [0.5, 0.6) is 11.5 Å². The molecule has 3 rings (SSSR count). The van der Waals surface area contributed by atoms with Gasteiger partial charge in [0.05, 0.1) is 12.8 Å². The van der Waals surface area contributed by atoms with Gasteiger partial charge < -0.3 is 19.2 Å². The number of hydrogen-bond acceptors (Lipinski definition) is 5. The van der Waals surface area contributed by atoms with Crippen molar-refractivity contribution in [2.24, 2.45) is 0 Å². The first-order valence-electron chi connectivity index (χ1n) is 7.71. The van der Waals surface area contributed by atoms with E-state index in [1.54, 1.807) is 49.4 Å². The summed E-state index contributed by atoms with van der Waals surface area (Å²) < 4.78 is 16.0. The van der Waals surface area contributed by atoms with E-state index in [0.717, 1.165) is 5.39 Å². The third-order valence-electron chi connectivity index (χ3n) is 3.64. The van der Waals surface area contributed by atoms with Crippen molar-refractivity contribution in [1.29, 1.82) is 0 Å². The van der Waals surface area contributed by atoms with Crippen LogP contribution in [-0.2, 0) is 4.79 Å². The number of carbonyl (C=O) groups is 1. The molecule has 1 aromatic heterocycles. The van der Waals surface area contributed by atoms with Crippen LogP contribution in [0.1, 0.15) is 6.92 Å². The van der Waals surface area contributed by atoms with Gasteiger partial charge in [0.25, 0.3) is 5.91 Å². The molecule has 1 amide bonds. The van der Waals surface area contributed by atoms with Gasteiger partial charge in [-0.1, -0.05) is 12.1 Å². The van der Waals surface area contributed by atoms with Gasteiger partial charge in [-0.25, -0.2) is 4.79 Å². The van der Waals surface area contributed by atoms with Gasteiger partial charge >= 0.3 is 5.63 Å². The highest BCUT2D eigenvalue weighted by atomic mass is 16.5. The number of fused-ring (bicyclic) bond motifs is 1. The molecule has 2 aromatic carbocycles. The van der Waals surface area contributed by atoms with Crippen molar-refractivity contribution >= 4 is 22.6 Å². The van der Waals surface area contributed by atoms with Crippen LogP contribution in [0.2, 0.25) is 0 Å². The minimum Gasteiger partial charge on any atom is -0.495 e. The van der Waals surface area contributed by atoms with Gasteiger partial charge in [-0.05, 0) is 37.3 Å². The van der Waals surface area contributed by atoms with Crippen molar-refractivity contribution in [2.75, 3.05) is 12.4 Å². The second-order valence-electron chi connectivity index (χ2n) is 5.40. The lowest BCUT2D eigenvalue weighted by molar-refractivity contribution is -0.122. The van der Waals surface area contributed by atoms with E-state index in [0.29, 0.717) is 22.8 Å². The maximum Gasteiger partial charge on any atom is 0.336 e. The Morgan fingerprint density at radius 2 is 1.88 bits per heavy atom. The van der Waals surface area contributed by atoms with E-state index < -0.39 is 11.7 Å². The van der Waals surface area contributed by atoms with Gasteiger partial charge in [-0.15, -0.1) is 0 Å². The predicted octanol–water partition coefficient (Wildman–Crippen LogP) is 3.21. The van der Waals surface area contributed by atoms with Crippen molar-refractivity contribution in [1.82, 2.24) is 0 Å². The number of ether oxygens (including phenoxy) is 2. The molecule has 1 N–H and O–H groups in total. The maximum atomic E-state index is 12.3. The molecular formula is C19H17NO5. The van der Waals surface area contributed by atoms with Gasteiger partial charge in [-0.3, -0.25) is 4.79 Å². The molecule has 0 fully saturated rings. The number of carbonyl (C=O) groups excluding carboxylic acids is 1. The third-order valence-corrected chi connectivity index (χ3v) is 3.64. The van der Waals surface area contributed by atoms with Crippen LogP contribution < -0.4 is 20.4 Å². The summed E-state index contributed by atoms with van der Waals surface area (Å²) in [6.45, 7) is 1.64. The fourth-order valence-corrected chi connectivity index (χ4v) is 2.35. The Morgan fingerprint density at radius 3 is 2.68 bits per heavy atom. The predicted molar refractivity (Wildman–Crippen MR) is 94.2 cm³/mol. The van der Waals surface area contributed by atoms with Crippen LogP contribution in [0.4, 0.5) is 5.69 Å². The zero-order valence-corrected chi connectivity index (χ0v) is 13.8. The van der Waals surface area contributed by atoms with Crippen LogP contribution in [0.25, 0.3) is 11.0 Å². The number of hydrogen-bond donors (Lipinski definition) is 1. The molecule has 0 saturated carbocycles. The summed E-state index contributed by atoms with van der Waals surface area (Å²) in [5, 5.41) is 3.54. The lowest BCUT2D eigenvalue weighted by Crippen LogP contribution is -2.30. The van der Waals surface area contributed by atoms with Crippen LogP contribution in [0.15, 0.2) is 63.8 Å². The van der Waals surface area contributed by atoms with Crippen molar-refractivity contribution in [3.8, 4) is 11.5 Å². The molecule has 0 radical (unpaired) electrons. The van der Waals surface area contributed by atoms with E-state index in [-0.39, 0.29) is 5.91 Å². The Balaban J connectivity index is 1.74. The Morgan fingerprint density at radius 1 is 1.12 bits per heavy atom. The lowest BCUT2D eigenvalue weighted by Gasteiger charge is -2.16. The first-order valence-corrected chi connectivity index (χ1v) is 7.71. The normalized spacial score (nSPS) is 11.8. The monoisotopic (exact) mass is 339 g/mol. The largest absolute Gasteiger partial charge is 0.495 e. The second-order valence-corrected chi connectivity index (χ2v) is 5.40. The summed E-state index contributed by atoms with van der Waals surface area (Å²) in [4.78, 5) is 23.6. The fraction of sp³-hybridized carbons (Fsp3) is 0.158. The van der Waals surface area contributed by atoms with Gasteiger partial charge in [0, 0.05) is 17.5 Å². The number of benzene rings is 2. The third kappa shape index (κ3) is 3.80. The van der Waals surface area contributed by atoms with Crippen LogP contribution in [-0.4, -0.2) is 19.1 Å². The summed E-state index contributed by atoms with van der Waals surface area (Å²) in [5.74, 6) is 0.680. The number of rotatable bonds is 5. The van der Waals surface area contributed by atoms with Crippen molar-refractivity contribution < 1.29 is 18.7 Å². The molecule has 1 heterocycles. The van der Waals surface area contributed by atoms with E-state index in [1.165, 1.54) is 13.2 Å². The molecule has 1 atom stereocenters. The maximum absolute atomic E-state index is 12.3. The molecule has 0 aliphatic carbocycles. The van der Waals surface area contributed by atoms with E-state index in [4.69, 9.17) is 13.9 Å². The van der Waals surface area contributed by atoms with E-state index in [9.17, 15) is 9.59 Å². The fourth-order valence-electron chi connectivity index (χ4n) is 2.35. The Hall–Kier alpha value is -3.28. The van der Waals surface area contributed by atoms with Gasteiger partial charge in [-0.2, -0.15) is 0 Å². The number of anilines is 1. The molecule has 0 aliphatic heterocycles. The molecule has 0 saturated heterocycles.